The lowest BCUT2D eigenvalue weighted by atomic mass is 10.1. The molecule has 136 valence electrons. The molecule has 24 heavy (non-hydrogen) atoms. The third kappa shape index (κ3) is 18.4. The summed E-state index contributed by atoms with van der Waals surface area (Å²) in [5.74, 6) is -0.747. The van der Waals surface area contributed by atoms with Crippen molar-refractivity contribution >= 4 is 5.97 Å². The first-order chi connectivity index (χ1) is 11.7. The molecule has 4 heteroatoms. The smallest absolute Gasteiger partial charge is 0.303 e. The van der Waals surface area contributed by atoms with Crippen LogP contribution in [-0.2, 0) is 4.79 Å². The van der Waals surface area contributed by atoms with Gasteiger partial charge in [-0.05, 0) is 44.9 Å². The van der Waals surface area contributed by atoms with Crippen LogP contribution in [0, 0.1) is 0 Å². The van der Waals surface area contributed by atoms with E-state index in [2.05, 4.69) is 6.08 Å². The fourth-order valence-corrected chi connectivity index (χ4v) is 2.00. The van der Waals surface area contributed by atoms with Crippen molar-refractivity contribution in [3.63, 3.8) is 0 Å². The van der Waals surface area contributed by atoms with Crippen LogP contribution in [0.25, 0.3) is 0 Å². The highest BCUT2D eigenvalue weighted by Gasteiger charge is 1.94. The molecule has 0 saturated carbocycles. The molecule has 3 N–H and O–H groups in total. The third-order valence-corrected chi connectivity index (χ3v) is 3.35. The summed E-state index contributed by atoms with van der Waals surface area (Å²) in [5, 5.41) is 26.9. The molecule has 0 aromatic heterocycles. The van der Waals surface area contributed by atoms with Crippen LogP contribution in [0.15, 0.2) is 48.6 Å². The zero-order valence-electron chi connectivity index (χ0n) is 14.5. The van der Waals surface area contributed by atoms with Crippen LogP contribution in [0.4, 0.5) is 0 Å². The quantitative estimate of drug-likeness (QED) is 0.238. The second-order valence-corrected chi connectivity index (χ2v) is 5.65. The number of carboxylic acids is 1. The van der Waals surface area contributed by atoms with Gasteiger partial charge in [0.25, 0.3) is 0 Å². The van der Waals surface area contributed by atoms with Gasteiger partial charge in [0.2, 0.25) is 0 Å². The maximum atomic E-state index is 10.3. The van der Waals surface area contributed by atoms with E-state index < -0.39 is 12.1 Å². The Balaban J connectivity index is 3.61. The second kappa shape index (κ2) is 17.7. The van der Waals surface area contributed by atoms with E-state index in [0.717, 1.165) is 38.5 Å². The normalized spacial score (nSPS) is 13.8. The van der Waals surface area contributed by atoms with Crippen LogP contribution in [0.3, 0.4) is 0 Å². The summed E-state index contributed by atoms with van der Waals surface area (Å²) in [5.41, 5.74) is 0. The average molecular weight is 336 g/mol. The monoisotopic (exact) mass is 336 g/mol. The number of carbonyl (C=O) groups is 1. The molecule has 0 unspecified atom stereocenters. The van der Waals surface area contributed by atoms with Crippen LogP contribution in [0.1, 0.15) is 57.8 Å². The molecule has 0 rings (SSSR count). The highest BCUT2D eigenvalue weighted by atomic mass is 16.4. The average Bonchev–Trinajstić information content (AvgIpc) is 2.55. The molecule has 0 aromatic carbocycles. The number of carboxylic acid groups (broad SMARTS) is 1. The Bertz CT molecular complexity index is 408. The summed E-state index contributed by atoms with van der Waals surface area (Å²) in [4.78, 5) is 10.3. The van der Waals surface area contributed by atoms with Gasteiger partial charge in [-0.15, -0.1) is 0 Å². The van der Waals surface area contributed by atoms with Gasteiger partial charge in [0.05, 0.1) is 6.10 Å². The van der Waals surface area contributed by atoms with E-state index in [4.69, 9.17) is 10.2 Å². The fourth-order valence-electron chi connectivity index (χ4n) is 2.00. The van der Waals surface area contributed by atoms with Crippen molar-refractivity contribution in [2.24, 2.45) is 0 Å². The second-order valence-electron chi connectivity index (χ2n) is 5.65. The van der Waals surface area contributed by atoms with Gasteiger partial charge in [-0.2, -0.15) is 0 Å². The van der Waals surface area contributed by atoms with Crippen molar-refractivity contribution in [2.45, 2.75) is 63.9 Å². The van der Waals surface area contributed by atoms with E-state index >= 15 is 0 Å². The molecule has 0 aliphatic rings. The zero-order chi connectivity index (χ0) is 17.9. The van der Waals surface area contributed by atoms with Gasteiger partial charge in [-0.1, -0.05) is 55.0 Å². The van der Waals surface area contributed by atoms with Gasteiger partial charge in [0.15, 0.2) is 0 Å². The molecular weight excluding hydrogens is 304 g/mol. The molecule has 0 radical (unpaired) electrons. The van der Waals surface area contributed by atoms with Gasteiger partial charge in [-0.3, -0.25) is 4.79 Å². The van der Waals surface area contributed by atoms with Crippen molar-refractivity contribution in [1.82, 2.24) is 0 Å². The Labute approximate surface area is 145 Å². The molecule has 1 atom stereocenters. The molecule has 0 aliphatic heterocycles. The minimum absolute atomic E-state index is 0.220. The zero-order valence-corrected chi connectivity index (χ0v) is 14.5. The number of hydrogen-bond donors (Lipinski definition) is 3. The predicted molar refractivity (Wildman–Crippen MR) is 98.8 cm³/mol. The van der Waals surface area contributed by atoms with Gasteiger partial charge < -0.3 is 15.3 Å². The first-order valence-electron chi connectivity index (χ1n) is 8.81. The Hall–Kier alpha value is -1.65. The highest BCUT2D eigenvalue weighted by molar-refractivity contribution is 5.66. The van der Waals surface area contributed by atoms with E-state index in [1.54, 1.807) is 6.08 Å². The van der Waals surface area contributed by atoms with E-state index in [0.29, 0.717) is 12.8 Å². The Morgan fingerprint density at radius 2 is 1.62 bits per heavy atom. The topological polar surface area (TPSA) is 77.8 Å². The largest absolute Gasteiger partial charge is 0.481 e. The Kier molecular flexibility index (Phi) is 16.5. The lowest BCUT2D eigenvalue weighted by Crippen LogP contribution is -1.98. The summed E-state index contributed by atoms with van der Waals surface area (Å²) >= 11 is 0. The Morgan fingerprint density at radius 3 is 2.38 bits per heavy atom. The lowest BCUT2D eigenvalue weighted by molar-refractivity contribution is -0.137. The van der Waals surface area contributed by atoms with Gasteiger partial charge in [0.1, 0.15) is 0 Å². The van der Waals surface area contributed by atoms with Crippen LogP contribution in [-0.4, -0.2) is 34.0 Å². The fraction of sp³-hybridized carbons (Fsp3) is 0.550. The van der Waals surface area contributed by atoms with Gasteiger partial charge in [-0.25, -0.2) is 0 Å². The predicted octanol–water partition coefficient (Wildman–Crippen LogP) is 4.16. The molecule has 0 spiro atoms. The van der Waals surface area contributed by atoms with Gasteiger partial charge >= 0.3 is 5.97 Å². The summed E-state index contributed by atoms with van der Waals surface area (Å²) in [6, 6.07) is 0. The number of aliphatic hydroxyl groups excluding tert-OH is 2. The van der Waals surface area contributed by atoms with E-state index in [-0.39, 0.29) is 13.0 Å². The number of aliphatic carboxylic acids is 1. The first-order valence-corrected chi connectivity index (χ1v) is 8.81. The molecule has 4 nitrogen and oxygen atoms in total. The number of rotatable bonds is 15. The first kappa shape index (κ1) is 22.4. The van der Waals surface area contributed by atoms with E-state index in [1.807, 2.05) is 36.5 Å². The molecule has 0 aliphatic carbocycles. The maximum absolute atomic E-state index is 10.3. The molecule has 0 aromatic rings. The molecule has 0 amide bonds. The number of allylic oxidation sites excluding steroid dienone is 6. The number of aliphatic hydroxyl groups is 2. The van der Waals surface area contributed by atoms with E-state index in [1.165, 1.54) is 0 Å². The summed E-state index contributed by atoms with van der Waals surface area (Å²) < 4.78 is 0. The third-order valence-electron chi connectivity index (χ3n) is 3.35. The molecule has 0 fully saturated rings. The van der Waals surface area contributed by atoms with Crippen molar-refractivity contribution in [2.75, 3.05) is 6.61 Å². The van der Waals surface area contributed by atoms with E-state index in [9.17, 15) is 9.90 Å². The maximum Gasteiger partial charge on any atom is 0.303 e. The minimum atomic E-state index is -0.747. The van der Waals surface area contributed by atoms with Crippen LogP contribution < -0.4 is 0 Å². The molecule has 0 saturated heterocycles. The number of unbranched alkanes of at least 4 members (excludes halogenated alkanes) is 4. The SMILES string of the molecule is O=C(O)CCC/C=C/C/C=C/C=C\[C@@H](O)C/C=C/CCCCCO. The minimum Gasteiger partial charge on any atom is -0.481 e. The number of hydrogen-bond acceptors (Lipinski definition) is 3. The van der Waals surface area contributed by atoms with Crippen LogP contribution in [0.5, 0.6) is 0 Å². The van der Waals surface area contributed by atoms with Crippen LogP contribution >= 0.6 is 0 Å². The Morgan fingerprint density at radius 1 is 0.875 bits per heavy atom. The van der Waals surface area contributed by atoms with Gasteiger partial charge in [0, 0.05) is 13.0 Å². The van der Waals surface area contributed by atoms with Crippen molar-refractivity contribution in [3.05, 3.63) is 48.6 Å². The standard InChI is InChI=1S/C20H32O4/c21-18-14-10-6-5-8-12-16-19(22)15-11-7-3-1-2-4-9-13-17-20(23)24/h2-4,7-8,11-12,15,19,21-22H,1,5-6,9-10,13-14,16-18H2,(H,23,24)/b4-2+,7-3+,12-8+,15-11-/t19-/m1/s1. The highest BCUT2D eigenvalue weighted by Crippen LogP contribution is 2.02. The van der Waals surface area contributed by atoms with Crippen LogP contribution in [0.2, 0.25) is 0 Å². The lowest BCUT2D eigenvalue weighted by Gasteiger charge is -1.99. The van der Waals surface area contributed by atoms with Crippen molar-refractivity contribution in [1.29, 1.82) is 0 Å². The summed E-state index contributed by atoms with van der Waals surface area (Å²) in [7, 11) is 0. The molecule has 0 heterocycles. The molecular formula is C20H32O4. The summed E-state index contributed by atoms with van der Waals surface area (Å²) in [6.45, 7) is 0.265. The van der Waals surface area contributed by atoms with Crippen molar-refractivity contribution in [3.8, 4) is 0 Å². The van der Waals surface area contributed by atoms with Crippen molar-refractivity contribution < 1.29 is 20.1 Å². The molecule has 0 bridgehead atoms. The summed E-state index contributed by atoms with van der Waals surface area (Å²) in [6.07, 6.45) is 22.2.